The first kappa shape index (κ1) is 12.0. The summed E-state index contributed by atoms with van der Waals surface area (Å²) in [7, 11) is 0. The maximum absolute atomic E-state index is 3.76. The summed E-state index contributed by atoms with van der Waals surface area (Å²) in [5.41, 5.74) is 2.67. The molecular formula is C15H22. The van der Waals surface area contributed by atoms with Crippen LogP contribution < -0.4 is 0 Å². The van der Waals surface area contributed by atoms with Crippen molar-refractivity contribution in [1.82, 2.24) is 0 Å². The van der Waals surface area contributed by atoms with Gasteiger partial charge in [0.15, 0.2) is 0 Å². The summed E-state index contributed by atoms with van der Waals surface area (Å²) in [5, 5.41) is 0. The van der Waals surface area contributed by atoms with Crippen molar-refractivity contribution >= 4 is 6.08 Å². The van der Waals surface area contributed by atoms with Gasteiger partial charge in [0, 0.05) is 0 Å². The van der Waals surface area contributed by atoms with Gasteiger partial charge < -0.3 is 0 Å². The maximum Gasteiger partial charge on any atom is -0.0262 e. The fraction of sp³-hybridized carbons (Fsp3) is 0.467. The number of benzene rings is 1. The third-order valence-electron chi connectivity index (χ3n) is 2.78. The van der Waals surface area contributed by atoms with Crippen LogP contribution in [0.15, 0.2) is 30.8 Å². The lowest BCUT2D eigenvalue weighted by atomic mass is 10.0. The molecule has 1 aromatic rings. The summed E-state index contributed by atoms with van der Waals surface area (Å²) in [5.74, 6) is 0. The quantitative estimate of drug-likeness (QED) is 0.555. The highest BCUT2D eigenvalue weighted by molar-refractivity contribution is 5.47. The van der Waals surface area contributed by atoms with Crippen molar-refractivity contribution in [3.05, 3.63) is 42.0 Å². The number of unbranched alkanes of at least 4 members (excludes halogenated alkanes) is 4. The standard InChI is InChI=1S/C15H22/c1-3-5-6-7-8-9-15-12-10-14(4-2)11-13-15/h4,10-13H,2-3,5-9H2,1H3. The molecule has 0 saturated carbocycles. The van der Waals surface area contributed by atoms with Gasteiger partial charge in [0.1, 0.15) is 0 Å². The molecule has 0 unspecified atom stereocenters. The largest absolute Gasteiger partial charge is 0.0985 e. The van der Waals surface area contributed by atoms with E-state index >= 15 is 0 Å². The van der Waals surface area contributed by atoms with Crippen LogP contribution in [0.25, 0.3) is 6.08 Å². The third kappa shape index (κ3) is 4.83. The van der Waals surface area contributed by atoms with Crippen molar-refractivity contribution in [1.29, 1.82) is 0 Å². The van der Waals surface area contributed by atoms with Gasteiger partial charge in [0.05, 0.1) is 0 Å². The van der Waals surface area contributed by atoms with Gasteiger partial charge >= 0.3 is 0 Å². The molecule has 1 aromatic carbocycles. The van der Waals surface area contributed by atoms with Crippen LogP contribution in [0.1, 0.15) is 50.2 Å². The fourth-order valence-electron chi connectivity index (χ4n) is 1.75. The maximum atomic E-state index is 3.76. The SMILES string of the molecule is C=Cc1ccc(CCCCCCC)cc1. The molecule has 0 radical (unpaired) electrons. The van der Waals surface area contributed by atoms with E-state index in [9.17, 15) is 0 Å². The molecule has 0 amide bonds. The van der Waals surface area contributed by atoms with Gasteiger partial charge in [0.2, 0.25) is 0 Å². The Labute approximate surface area is 94.0 Å². The fourth-order valence-corrected chi connectivity index (χ4v) is 1.75. The summed E-state index contributed by atoms with van der Waals surface area (Å²) < 4.78 is 0. The van der Waals surface area contributed by atoms with Crippen LogP contribution in [0, 0.1) is 0 Å². The Bertz CT molecular complexity index is 269. The van der Waals surface area contributed by atoms with E-state index in [0.29, 0.717) is 0 Å². The lowest BCUT2D eigenvalue weighted by molar-refractivity contribution is 0.632. The molecule has 0 fully saturated rings. The van der Waals surface area contributed by atoms with Gasteiger partial charge in [-0.1, -0.05) is 69.5 Å². The van der Waals surface area contributed by atoms with Crippen LogP contribution in [0.4, 0.5) is 0 Å². The predicted molar refractivity (Wildman–Crippen MR) is 69.0 cm³/mol. The topological polar surface area (TPSA) is 0 Å². The molecule has 0 saturated heterocycles. The highest BCUT2D eigenvalue weighted by Crippen LogP contribution is 2.10. The van der Waals surface area contributed by atoms with Crippen molar-refractivity contribution in [2.75, 3.05) is 0 Å². The smallest absolute Gasteiger partial charge is 0.0262 e. The molecule has 0 nitrogen and oxygen atoms in total. The Morgan fingerprint density at radius 2 is 1.67 bits per heavy atom. The minimum absolute atomic E-state index is 1.21. The molecule has 0 atom stereocenters. The molecule has 0 heterocycles. The second-order valence-corrected chi connectivity index (χ2v) is 4.11. The molecule has 1 rings (SSSR count). The predicted octanol–water partition coefficient (Wildman–Crippen LogP) is 4.84. The van der Waals surface area contributed by atoms with E-state index in [1.54, 1.807) is 0 Å². The van der Waals surface area contributed by atoms with E-state index < -0.39 is 0 Å². The van der Waals surface area contributed by atoms with Crippen LogP contribution in [0.2, 0.25) is 0 Å². The van der Waals surface area contributed by atoms with Crippen molar-refractivity contribution in [2.24, 2.45) is 0 Å². The molecule has 0 aliphatic carbocycles. The summed E-state index contributed by atoms with van der Waals surface area (Å²) in [6, 6.07) is 8.73. The van der Waals surface area contributed by atoms with E-state index in [4.69, 9.17) is 0 Å². The summed E-state index contributed by atoms with van der Waals surface area (Å²) >= 11 is 0. The Hall–Kier alpha value is -1.04. The molecular weight excluding hydrogens is 180 g/mol. The van der Waals surface area contributed by atoms with Crippen molar-refractivity contribution in [2.45, 2.75) is 45.4 Å². The molecule has 0 aliphatic rings. The summed E-state index contributed by atoms with van der Waals surface area (Å²) in [6.07, 6.45) is 9.92. The van der Waals surface area contributed by atoms with Crippen molar-refractivity contribution < 1.29 is 0 Å². The lowest BCUT2D eigenvalue weighted by Gasteiger charge is -2.02. The molecule has 0 aromatic heterocycles. The van der Waals surface area contributed by atoms with E-state index in [-0.39, 0.29) is 0 Å². The Balaban J connectivity index is 2.22. The van der Waals surface area contributed by atoms with Crippen LogP contribution in [0.5, 0.6) is 0 Å². The number of rotatable bonds is 7. The van der Waals surface area contributed by atoms with Gasteiger partial charge in [0.25, 0.3) is 0 Å². The van der Waals surface area contributed by atoms with Crippen molar-refractivity contribution in [3.8, 4) is 0 Å². The third-order valence-corrected chi connectivity index (χ3v) is 2.78. The molecule has 82 valence electrons. The average molecular weight is 202 g/mol. The van der Waals surface area contributed by atoms with E-state index in [2.05, 4.69) is 37.8 Å². The first-order valence-electron chi connectivity index (χ1n) is 6.08. The second-order valence-electron chi connectivity index (χ2n) is 4.11. The molecule has 0 N–H and O–H groups in total. The molecule has 15 heavy (non-hydrogen) atoms. The number of hydrogen-bond donors (Lipinski definition) is 0. The van der Waals surface area contributed by atoms with E-state index in [0.717, 1.165) is 0 Å². The Morgan fingerprint density at radius 3 is 2.27 bits per heavy atom. The van der Waals surface area contributed by atoms with Gasteiger partial charge in [-0.05, 0) is 24.0 Å². The van der Waals surface area contributed by atoms with Crippen LogP contribution in [0.3, 0.4) is 0 Å². The Kier molecular flexibility index (Phi) is 5.84. The molecule has 0 heteroatoms. The molecule has 0 spiro atoms. The second kappa shape index (κ2) is 7.28. The normalized spacial score (nSPS) is 10.2. The molecule has 0 bridgehead atoms. The van der Waals surface area contributed by atoms with Crippen molar-refractivity contribution in [3.63, 3.8) is 0 Å². The van der Waals surface area contributed by atoms with Gasteiger partial charge in [-0.25, -0.2) is 0 Å². The van der Waals surface area contributed by atoms with E-state index in [1.165, 1.54) is 49.7 Å². The minimum Gasteiger partial charge on any atom is -0.0985 e. The highest BCUT2D eigenvalue weighted by atomic mass is 14.0. The Morgan fingerprint density at radius 1 is 1.00 bits per heavy atom. The average Bonchev–Trinajstić information content (AvgIpc) is 2.30. The number of aryl methyl sites for hydroxylation is 1. The summed E-state index contributed by atoms with van der Waals surface area (Å²) in [4.78, 5) is 0. The van der Waals surface area contributed by atoms with E-state index in [1.807, 2.05) is 6.08 Å². The zero-order valence-corrected chi connectivity index (χ0v) is 9.84. The first-order chi connectivity index (χ1) is 7.36. The first-order valence-corrected chi connectivity index (χ1v) is 6.08. The minimum atomic E-state index is 1.21. The van der Waals surface area contributed by atoms with Gasteiger partial charge in [-0.3, -0.25) is 0 Å². The zero-order chi connectivity index (χ0) is 10.9. The number of hydrogen-bond acceptors (Lipinski definition) is 0. The van der Waals surface area contributed by atoms with Crippen LogP contribution >= 0.6 is 0 Å². The van der Waals surface area contributed by atoms with Gasteiger partial charge in [-0.15, -0.1) is 0 Å². The zero-order valence-electron chi connectivity index (χ0n) is 9.84. The monoisotopic (exact) mass is 202 g/mol. The highest BCUT2D eigenvalue weighted by Gasteiger charge is 1.93. The summed E-state index contributed by atoms with van der Waals surface area (Å²) in [6.45, 7) is 6.01. The van der Waals surface area contributed by atoms with Crippen LogP contribution in [-0.2, 0) is 6.42 Å². The molecule has 0 aliphatic heterocycles. The van der Waals surface area contributed by atoms with Gasteiger partial charge in [-0.2, -0.15) is 0 Å². The lowest BCUT2D eigenvalue weighted by Crippen LogP contribution is -1.86. The van der Waals surface area contributed by atoms with Crippen LogP contribution in [-0.4, -0.2) is 0 Å².